The molecule has 0 saturated heterocycles. The van der Waals surface area contributed by atoms with Crippen molar-refractivity contribution in [2.24, 2.45) is 11.8 Å². The molecule has 182 valence electrons. The number of para-hydroxylation sites is 1. The number of nitrogens with zero attached hydrogens (tertiary/aromatic N) is 3. The number of benzene rings is 1. The lowest BCUT2D eigenvalue weighted by molar-refractivity contribution is -0.274. The molecule has 0 unspecified atom stereocenters. The van der Waals surface area contributed by atoms with Crippen LogP contribution in [0.5, 0.6) is 5.75 Å². The van der Waals surface area contributed by atoms with E-state index in [1.165, 1.54) is 37.2 Å². The standard InChI is InChI=1S/C24H29F3N6O/c25-24(26,27)34-21-4-2-1-3-18(21)14-31-23-32-15-19(11-28)22(33-23)30-13-17-7-9-20(10-8-17)29-12-16-5-6-16/h1-4,15-17,20,29H,5-10,12-14H2,(H2,30,31,32,33). The SMILES string of the molecule is N#Cc1cnc(NCc2ccccc2OC(F)(F)F)nc1NCC1CCC(NCC2CC2)CC1. The summed E-state index contributed by atoms with van der Waals surface area (Å²) in [4.78, 5) is 8.50. The van der Waals surface area contributed by atoms with Crippen molar-refractivity contribution in [1.29, 1.82) is 5.26 Å². The molecule has 7 nitrogen and oxygen atoms in total. The molecule has 1 aromatic carbocycles. The minimum Gasteiger partial charge on any atom is -0.405 e. The van der Waals surface area contributed by atoms with Crippen LogP contribution in [0.25, 0.3) is 0 Å². The number of ether oxygens (including phenoxy) is 1. The molecule has 0 aliphatic heterocycles. The Hall–Kier alpha value is -3.06. The highest BCUT2D eigenvalue weighted by Gasteiger charge is 2.32. The van der Waals surface area contributed by atoms with Crippen LogP contribution >= 0.6 is 0 Å². The predicted octanol–water partition coefficient (Wildman–Crippen LogP) is 4.83. The number of hydrogen-bond donors (Lipinski definition) is 3. The van der Waals surface area contributed by atoms with E-state index < -0.39 is 6.36 Å². The Balaban J connectivity index is 1.30. The van der Waals surface area contributed by atoms with Crippen molar-refractivity contribution in [3.05, 3.63) is 41.6 Å². The summed E-state index contributed by atoms with van der Waals surface area (Å²) in [6, 6.07) is 8.58. The molecule has 0 radical (unpaired) electrons. The molecule has 0 spiro atoms. The summed E-state index contributed by atoms with van der Waals surface area (Å²) < 4.78 is 42.0. The molecule has 2 fully saturated rings. The van der Waals surface area contributed by atoms with Gasteiger partial charge in [-0.05, 0) is 63.0 Å². The zero-order valence-corrected chi connectivity index (χ0v) is 18.9. The van der Waals surface area contributed by atoms with Crippen molar-refractivity contribution in [2.75, 3.05) is 23.7 Å². The lowest BCUT2D eigenvalue weighted by Gasteiger charge is -2.29. The van der Waals surface area contributed by atoms with Crippen molar-refractivity contribution in [3.63, 3.8) is 0 Å². The molecule has 34 heavy (non-hydrogen) atoms. The Bertz CT molecular complexity index is 997. The third-order valence-corrected chi connectivity index (χ3v) is 6.34. The number of halogens is 3. The number of anilines is 2. The summed E-state index contributed by atoms with van der Waals surface area (Å²) in [7, 11) is 0. The van der Waals surface area contributed by atoms with Crippen molar-refractivity contribution < 1.29 is 17.9 Å². The predicted molar refractivity (Wildman–Crippen MR) is 122 cm³/mol. The van der Waals surface area contributed by atoms with Crippen molar-refractivity contribution in [2.45, 2.75) is 57.5 Å². The highest BCUT2D eigenvalue weighted by atomic mass is 19.4. The van der Waals surface area contributed by atoms with E-state index in [1.54, 1.807) is 6.07 Å². The van der Waals surface area contributed by atoms with Gasteiger partial charge in [0.15, 0.2) is 0 Å². The smallest absolute Gasteiger partial charge is 0.405 e. The quantitative estimate of drug-likeness (QED) is 0.454. The molecule has 2 aliphatic carbocycles. The van der Waals surface area contributed by atoms with Gasteiger partial charge in [0.1, 0.15) is 23.2 Å². The number of hydrogen-bond acceptors (Lipinski definition) is 7. The van der Waals surface area contributed by atoms with Crippen LogP contribution < -0.4 is 20.7 Å². The first kappa shape index (κ1) is 24.1. The number of aromatic nitrogens is 2. The Kier molecular flexibility index (Phi) is 7.73. The van der Waals surface area contributed by atoms with E-state index in [0.29, 0.717) is 35.4 Å². The normalized spacial score (nSPS) is 20.4. The van der Waals surface area contributed by atoms with E-state index in [1.807, 2.05) is 0 Å². The molecule has 3 N–H and O–H groups in total. The first-order chi connectivity index (χ1) is 16.4. The van der Waals surface area contributed by atoms with Gasteiger partial charge in [0.2, 0.25) is 5.95 Å². The Morgan fingerprint density at radius 1 is 1.00 bits per heavy atom. The van der Waals surface area contributed by atoms with E-state index in [4.69, 9.17) is 0 Å². The number of nitriles is 1. The highest BCUT2D eigenvalue weighted by molar-refractivity contribution is 5.53. The Morgan fingerprint density at radius 2 is 1.71 bits per heavy atom. The second kappa shape index (κ2) is 10.9. The van der Waals surface area contributed by atoms with Gasteiger partial charge in [-0.25, -0.2) is 4.98 Å². The van der Waals surface area contributed by atoms with Gasteiger partial charge in [-0.15, -0.1) is 13.2 Å². The first-order valence-corrected chi connectivity index (χ1v) is 11.7. The zero-order chi connectivity index (χ0) is 24.0. The van der Waals surface area contributed by atoms with Crippen molar-refractivity contribution in [3.8, 4) is 11.8 Å². The molecule has 0 atom stereocenters. The summed E-state index contributed by atoms with van der Waals surface area (Å²) in [5.41, 5.74) is 0.639. The summed E-state index contributed by atoms with van der Waals surface area (Å²) >= 11 is 0. The molecule has 2 aromatic rings. The van der Waals surface area contributed by atoms with Crippen LogP contribution in [0.2, 0.25) is 0 Å². The number of rotatable bonds is 10. The molecule has 2 aliphatic rings. The van der Waals surface area contributed by atoms with Crippen LogP contribution in [0.3, 0.4) is 0 Å². The van der Waals surface area contributed by atoms with E-state index in [2.05, 4.69) is 36.7 Å². The fourth-order valence-electron chi connectivity index (χ4n) is 4.20. The molecule has 0 amide bonds. The lowest BCUT2D eigenvalue weighted by atomic mass is 9.86. The number of nitrogens with one attached hydrogen (secondary N) is 3. The fourth-order valence-corrected chi connectivity index (χ4v) is 4.20. The van der Waals surface area contributed by atoms with Crippen LogP contribution in [0.4, 0.5) is 24.9 Å². The maximum absolute atomic E-state index is 12.6. The lowest BCUT2D eigenvalue weighted by Crippen LogP contribution is -2.35. The molecule has 1 aromatic heterocycles. The van der Waals surface area contributed by atoms with Gasteiger partial charge in [0.25, 0.3) is 0 Å². The van der Waals surface area contributed by atoms with E-state index in [9.17, 15) is 18.4 Å². The van der Waals surface area contributed by atoms with Gasteiger partial charge in [-0.3, -0.25) is 0 Å². The maximum atomic E-state index is 12.6. The van der Waals surface area contributed by atoms with Gasteiger partial charge in [0, 0.05) is 24.7 Å². The first-order valence-electron chi connectivity index (χ1n) is 11.7. The van der Waals surface area contributed by atoms with Crippen LogP contribution in [0.15, 0.2) is 30.5 Å². The Labute approximate surface area is 197 Å². The van der Waals surface area contributed by atoms with E-state index in [0.717, 1.165) is 38.1 Å². The van der Waals surface area contributed by atoms with Crippen LogP contribution in [-0.2, 0) is 6.54 Å². The second-order valence-electron chi connectivity index (χ2n) is 9.03. The molecule has 10 heteroatoms. The Morgan fingerprint density at radius 3 is 2.41 bits per heavy atom. The number of alkyl halides is 3. The third kappa shape index (κ3) is 7.22. The second-order valence-corrected chi connectivity index (χ2v) is 9.03. The summed E-state index contributed by atoms with van der Waals surface area (Å²) in [5.74, 6) is 1.75. The van der Waals surface area contributed by atoms with E-state index >= 15 is 0 Å². The zero-order valence-electron chi connectivity index (χ0n) is 18.9. The topological polar surface area (TPSA) is 94.9 Å². The van der Waals surface area contributed by atoms with Gasteiger partial charge < -0.3 is 20.7 Å². The van der Waals surface area contributed by atoms with E-state index in [-0.39, 0.29) is 18.2 Å². The van der Waals surface area contributed by atoms with Gasteiger partial charge in [-0.1, -0.05) is 18.2 Å². The largest absolute Gasteiger partial charge is 0.573 e. The van der Waals surface area contributed by atoms with Gasteiger partial charge in [-0.2, -0.15) is 10.2 Å². The minimum atomic E-state index is -4.77. The summed E-state index contributed by atoms with van der Waals surface area (Å²) in [5, 5.41) is 19.3. The van der Waals surface area contributed by atoms with Crippen LogP contribution in [0, 0.1) is 23.2 Å². The molecule has 1 heterocycles. The molecule has 4 rings (SSSR count). The summed E-state index contributed by atoms with van der Waals surface area (Å²) in [6.07, 6.45) is 3.89. The van der Waals surface area contributed by atoms with Crippen LogP contribution in [0.1, 0.15) is 49.7 Å². The molecular formula is C24H29F3N6O. The maximum Gasteiger partial charge on any atom is 0.573 e. The van der Waals surface area contributed by atoms with Gasteiger partial charge >= 0.3 is 6.36 Å². The van der Waals surface area contributed by atoms with Crippen LogP contribution in [-0.4, -0.2) is 35.5 Å². The monoisotopic (exact) mass is 474 g/mol. The van der Waals surface area contributed by atoms with Gasteiger partial charge in [0.05, 0.1) is 6.20 Å². The third-order valence-electron chi connectivity index (χ3n) is 6.34. The highest BCUT2D eigenvalue weighted by Crippen LogP contribution is 2.30. The molecule has 2 saturated carbocycles. The fraction of sp³-hybridized carbons (Fsp3) is 0.542. The average molecular weight is 475 g/mol. The molecule has 0 bridgehead atoms. The summed E-state index contributed by atoms with van der Waals surface area (Å²) in [6.45, 7) is 1.89. The minimum absolute atomic E-state index is 0.0372. The van der Waals surface area contributed by atoms with Crippen molar-refractivity contribution in [1.82, 2.24) is 15.3 Å². The molecular weight excluding hydrogens is 445 g/mol. The van der Waals surface area contributed by atoms with Crippen molar-refractivity contribution >= 4 is 11.8 Å². The average Bonchev–Trinajstić information content (AvgIpc) is 3.65.